The predicted octanol–water partition coefficient (Wildman–Crippen LogP) is 2.91. The summed E-state index contributed by atoms with van der Waals surface area (Å²) in [4.78, 5) is 21.5. The van der Waals surface area contributed by atoms with Gasteiger partial charge >= 0.3 is 0 Å². The summed E-state index contributed by atoms with van der Waals surface area (Å²) < 4.78 is 0. The van der Waals surface area contributed by atoms with E-state index in [-0.39, 0.29) is 24.0 Å². The molecule has 1 amide bonds. The number of rotatable bonds is 5. The lowest BCUT2D eigenvalue weighted by molar-refractivity contribution is 0.0235. The van der Waals surface area contributed by atoms with Crippen LogP contribution in [0.3, 0.4) is 0 Å². The molecule has 0 radical (unpaired) electrons. The molecule has 1 atom stereocenters. The van der Waals surface area contributed by atoms with Crippen LogP contribution in [0.2, 0.25) is 0 Å². The highest BCUT2D eigenvalue weighted by Gasteiger charge is 2.36. The van der Waals surface area contributed by atoms with Crippen molar-refractivity contribution >= 4 is 22.6 Å². The molecule has 0 bridgehead atoms. The molecule has 1 fully saturated rings. The first kappa shape index (κ1) is 17.4. The number of amides is 1. The number of hydrogen-bond donors (Lipinski definition) is 3. The van der Waals surface area contributed by atoms with Crippen LogP contribution < -0.4 is 10.6 Å². The van der Waals surface area contributed by atoms with Crippen LogP contribution in [0, 0.1) is 5.92 Å². The number of aliphatic hydroxyl groups excluding tert-OH is 1. The molecule has 0 aliphatic heterocycles. The number of aliphatic hydroxyl groups is 1. The average Bonchev–Trinajstić information content (AvgIpc) is 2.69. The van der Waals surface area contributed by atoms with Gasteiger partial charge in [-0.1, -0.05) is 18.2 Å². The van der Waals surface area contributed by atoms with Crippen molar-refractivity contribution in [2.45, 2.75) is 25.0 Å². The molecular weight excluding hydrogens is 340 g/mol. The van der Waals surface area contributed by atoms with Crippen molar-refractivity contribution in [1.29, 1.82) is 0 Å². The van der Waals surface area contributed by atoms with Gasteiger partial charge in [0.15, 0.2) is 0 Å². The smallest absolute Gasteiger partial charge is 0.251 e. The topological polar surface area (TPSA) is 87.1 Å². The van der Waals surface area contributed by atoms with Crippen LogP contribution in [0.1, 0.15) is 34.8 Å². The van der Waals surface area contributed by atoms with E-state index in [9.17, 15) is 9.90 Å². The molecule has 4 rings (SSSR count). The molecule has 6 heteroatoms. The molecule has 0 spiro atoms. The fraction of sp³-hybridized carbons (Fsp3) is 0.286. The highest BCUT2D eigenvalue weighted by Crippen LogP contribution is 2.38. The first-order valence-corrected chi connectivity index (χ1v) is 9.11. The number of nitrogens with one attached hydrogen (secondary N) is 2. The number of carbonyl (C=O) groups is 1. The minimum absolute atomic E-state index is 0.159. The van der Waals surface area contributed by atoms with E-state index in [1.807, 2.05) is 30.5 Å². The van der Waals surface area contributed by atoms with Crippen molar-refractivity contribution in [3.05, 3.63) is 66.0 Å². The van der Waals surface area contributed by atoms with Crippen molar-refractivity contribution in [3.63, 3.8) is 0 Å². The summed E-state index contributed by atoms with van der Waals surface area (Å²) in [6.45, 7) is 0. The Balaban J connectivity index is 1.63. The van der Waals surface area contributed by atoms with Gasteiger partial charge in [0.05, 0.1) is 17.7 Å². The van der Waals surface area contributed by atoms with Gasteiger partial charge in [-0.3, -0.25) is 9.78 Å². The number of anilines is 1. The van der Waals surface area contributed by atoms with Crippen LogP contribution >= 0.6 is 0 Å². The van der Waals surface area contributed by atoms with Gasteiger partial charge in [-0.05, 0) is 48.6 Å². The lowest BCUT2D eigenvalue weighted by Gasteiger charge is -2.38. The standard InChI is InChI=1S/C21H22N4O2/c1-22-19-11-14(6-7-23-19)21(27)25-20(15-9-17(26)10-15)16-8-13-4-2-3-5-18(13)24-12-16/h2-8,11-12,15,17,20,26H,9-10H2,1H3,(H,22,23)(H,25,27)/t15?,17?,20-/m1/s1. The largest absolute Gasteiger partial charge is 0.393 e. The van der Waals surface area contributed by atoms with Crippen LogP contribution in [-0.2, 0) is 0 Å². The molecule has 1 aromatic carbocycles. The lowest BCUT2D eigenvalue weighted by Crippen LogP contribution is -2.41. The van der Waals surface area contributed by atoms with E-state index in [2.05, 4.69) is 26.7 Å². The molecule has 138 valence electrons. The molecule has 1 aliphatic carbocycles. The second kappa shape index (κ2) is 7.32. The molecule has 2 aromatic heterocycles. The number of para-hydroxylation sites is 1. The van der Waals surface area contributed by atoms with Crippen molar-refractivity contribution in [3.8, 4) is 0 Å². The Labute approximate surface area is 157 Å². The zero-order valence-corrected chi connectivity index (χ0v) is 15.1. The summed E-state index contributed by atoms with van der Waals surface area (Å²) in [5.41, 5.74) is 2.43. The zero-order valence-electron chi connectivity index (χ0n) is 15.1. The maximum absolute atomic E-state index is 12.8. The van der Waals surface area contributed by atoms with Gasteiger partial charge < -0.3 is 15.7 Å². The van der Waals surface area contributed by atoms with E-state index in [4.69, 9.17) is 0 Å². The molecular formula is C21H22N4O2. The van der Waals surface area contributed by atoms with Gasteiger partial charge in [-0.15, -0.1) is 0 Å². The number of pyridine rings is 2. The minimum atomic E-state index is -0.292. The molecule has 3 aromatic rings. The van der Waals surface area contributed by atoms with Crippen LogP contribution in [-0.4, -0.2) is 34.1 Å². The maximum Gasteiger partial charge on any atom is 0.251 e. The zero-order chi connectivity index (χ0) is 18.8. The molecule has 6 nitrogen and oxygen atoms in total. The Bertz CT molecular complexity index is 969. The van der Waals surface area contributed by atoms with E-state index in [0.717, 1.165) is 16.5 Å². The normalized spacial score (nSPS) is 19.9. The third-order valence-corrected chi connectivity index (χ3v) is 5.16. The first-order chi connectivity index (χ1) is 13.1. The first-order valence-electron chi connectivity index (χ1n) is 9.11. The van der Waals surface area contributed by atoms with Gasteiger partial charge in [0.25, 0.3) is 5.91 Å². The van der Waals surface area contributed by atoms with Crippen LogP contribution in [0.15, 0.2) is 54.9 Å². The van der Waals surface area contributed by atoms with Crippen LogP contribution in [0.4, 0.5) is 5.82 Å². The van der Waals surface area contributed by atoms with Crippen LogP contribution in [0.25, 0.3) is 10.9 Å². The number of benzene rings is 1. The second-order valence-corrected chi connectivity index (χ2v) is 6.98. The van der Waals surface area contributed by atoms with Crippen LogP contribution in [0.5, 0.6) is 0 Å². The summed E-state index contributed by atoms with van der Waals surface area (Å²) in [6, 6.07) is 13.2. The Morgan fingerprint density at radius 2 is 2.00 bits per heavy atom. The summed E-state index contributed by atoms with van der Waals surface area (Å²) in [5, 5.41) is 16.9. The Hall–Kier alpha value is -2.99. The summed E-state index contributed by atoms with van der Waals surface area (Å²) in [6.07, 6.45) is 4.50. The molecule has 0 saturated heterocycles. The fourth-order valence-electron chi connectivity index (χ4n) is 3.57. The molecule has 2 heterocycles. The summed E-state index contributed by atoms with van der Waals surface area (Å²) >= 11 is 0. The number of carbonyl (C=O) groups excluding carboxylic acids is 1. The Morgan fingerprint density at radius 1 is 1.19 bits per heavy atom. The van der Waals surface area contributed by atoms with E-state index < -0.39 is 0 Å². The number of nitrogens with zero attached hydrogens (tertiary/aromatic N) is 2. The van der Waals surface area contributed by atoms with Crippen molar-refractivity contribution in [2.75, 3.05) is 12.4 Å². The van der Waals surface area contributed by atoms with Crippen molar-refractivity contribution in [2.24, 2.45) is 5.92 Å². The van der Waals surface area contributed by atoms with Gasteiger partial charge in [0, 0.05) is 30.4 Å². The number of aromatic nitrogens is 2. The van der Waals surface area contributed by atoms with Gasteiger partial charge in [-0.25, -0.2) is 4.98 Å². The SMILES string of the molecule is CNc1cc(C(=O)N[C@@H](c2cnc3ccccc3c2)C2CC(O)C2)ccn1. The maximum atomic E-state index is 12.8. The van der Waals surface area contributed by atoms with Gasteiger partial charge in [0.2, 0.25) is 0 Å². The lowest BCUT2D eigenvalue weighted by atomic mass is 9.75. The van der Waals surface area contributed by atoms with Gasteiger partial charge in [-0.2, -0.15) is 0 Å². The highest BCUT2D eigenvalue weighted by molar-refractivity contribution is 5.95. The van der Waals surface area contributed by atoms with E-state index in [1.54, 1.807) is 25.4 Å². The molecule has 27 heavy (non-hydrogen) atoms. The highest BCUT2D eigenvalue weighted by atomic mass is 16.3. The number of hydrogen-bond acceptors (Lipinski definition) is 5. The van der Waals surface area contributed by atoms with E-state index >= 15 is 0 Å². The molecule has 3 N–H and O–H groups in total. The van der Waals surface area contributed by atoms with E-state index in [0.29, 0.717) is 24.2 Å². The average molecular weight is 362 g/mol. The third-order valence-electron chi connectivity index (χ3n) is 5.16. The molecule has 1 aliphatic rings. The third kappa shape index (κ3) is 3.61. The quantitative estimate of drug-likeness (QED) is 0.650. The Kier molecular flexibility index (Phi) is 4.73. The summed E-state index contributed by atoms with van der Waals surface area (Å²) in [5.74, 6) is 0.677. The second-order valence-electron chi connectivity index (χ2n) is 6.98. The predicted molar refractivity (Wildman–Crippen MR) is 104 cm³/mol. The minimum Gasteiger partial charge on any atom is -0.393 e. The van der Waals surface area contributed by atoms with Crippen molar-refractivity contribution in [1.82, 2.24) is 15.3 Å². The Morgan fingerprint density at radius 3 is 2.78 bits per heavy atom. The monoisotopic (exact) mass is 362 g/mol. The number of fused-ring (bicyclic) bond motifs is 1. The van der Waals surface area contributed by atoms with E-state index in [1.165, 1.54) is 0 Å². The molecule has 1 saturated carbocycles. The van der Waals surface area contributed by atoms with Gasteiger partial charge in [0.1, 0.15) is 5.82 Å². The molecule has 0 unspecified atom stereocenters. The fourth-order valence-corrected chi connectivity index (χ4v) is 3.57. The summed E-state index contributed by atoms with van der Waals surface area (Å²) in [7, 11) is 1.77. The van der Waals surface area contributed by atoms with Crippen molar-refractivity contribution < 1.29 is 9.90 Å².